The van der Waals surface area contributed by atoms with Gasteiger partial charge in [0, 0.05) is 17.1 Å². The minimum absolute atomic E-state index is 0.0940. The second-order valence-corrected chi connectivity index (χ2v) is 6.99. The van der Waals surface area contributed by atoms with Crippen molar-refractivity contribution in [2.24, 2.45) is 0 Å². The number of nitrogens with one attached hydrogen (secondary N) is 1. The van der Waals surface area contributed by atoms with Gasteiger partial charge in [0.25, 0.3) is 0 Å². The number of ether oxygens (including phenoxy) is 2. The van der Waals surface area contributed by atoms with Crippen molar-refractivity contribution in [1.82, 2.24) is 9.78 Å². The summed E-state index contributed by atoms with van der Waals surface area (Å²) in [6, 6.07) is 9.63. The van der Waals surface area contributed by atoms with Gasteiger partial charge in [0.05, 0.1) is 37.1 Å². The van der Waals surface area contributed by atoms with E-state index in [2.05, 4.69) is 26.3 Å². The Morgan fingerprint density at radius 3 is 3.12 bits per heavy atom. The largest absolute Gasteiger partial charge is 0.378 e. The summed E-state index contributed by atoms with van der Waals surface area (Å²) in [6.07, 6.45) is 2.61. The van der Waals surface area contributed by atoms with Gasteiger partial charge >= 0.3 is 0 Å². The van der Waals surface area contributed by atoms with E-state index in [0.29, 0.717) is 25.5 Å². The van der Waals surface area contributed by atoms with E-state index in [1.807, 2.05) is 37.3 Å². The van der Waals surface area contributed by atoms with Crippen LogP contribution >= 0.6 is 15.9 Å². The van der Waals surface area contributed by atoms with Crippen LogP contribution in [0.5, 0.6) is 0 Å². The smallest absolute Gasteiger partial charge is 0.227 e. The molecule has 1 atom stereocenters. The van der Waals surface area contributed by atoms with E-state index in [0.717, 1.165) is 35.3 Å². The molecule has 1 aliphatic heterocycles. The Bertz CT molecular complexity index is 726. The number of carbonyl (C=O) groups is 1. The van der Waals surface area contributed by atoms with Crippen molar-refractivity contribution >= 4 is 27.7 Å². The molecule has 2 heterocycles. The Morgan fingerprint density at radius 2 is 2.36 bits per heavy atom. The molecule has 1 amide bonds. The molecule has 1 aromatic heterocycles. The van der Waals surface area contributed by atoms with Crippen LogP contribution < -0.4 is 5.32 Å². The first-order valence-corrected chi connectivity index (χ1v) is 9.23. The highest BCUT2D eigenvalue weighted by atomic mass is 79.9. The minimum atomic E-state index is -0.0940. The van der Waals surface area contributed by atoms with Gasteiger partial charge in [-0.1, -0.05) is 22.0 Å². The van der Waals surface area contributed by atoms with E-state index in [-0.39, 0.29) is 12.0 Å². The normalized spacial score (nSPS) is 17.0. The average molecular weight is 408 g/mol. The molecule has 6 nitrogen and oxygen atoms in total. The monoisotopic (exact) mass is 407 g/mol. The van der Waals surface area contributed by atoms with Crippen molar-refractivity contribution in [2.45, 2.75) is 32.3 Å². The summed E-state index contributed by atoms with van der Waals surface area (Å²) in [5.41, 5.74) is 1.72. The van der Waals surface area contributed by atoms with Crippen LogP contribution in [0.4, 0.5) is 5.82 Å². The highest BCUT2D eigenvalue weighted by Crippen LogP contribution is 2.20. The molecule has 7 heteroatoms. The fourth-order valence-corrected chi connectivity index (χ4v) is 3.14. The summed E-state index contributed by atoms with van der Waals surface area (Å²) in [4.78, 5) is 12.2. The molecule has 3 rings (SSSR count). The lowest BCUT2D eigenvalue weighted by Crippen LogP contribution is -2.19. The molecule has 1 N–H and O–H groups in total. The number of anilines is 1. The molecule has 0 aliphatic carbocycles. The molecule has 1 aromatic carbocycles. The molecule has 0 spiro atoms. The van der Waals surface area contributed by atoms with Gasteiger partial charge in [-0.05, 0) is 38.0 Å². The molecular weight excluding hydrogens is 386 g/mol. The van der Waals surface area contributed by atoms with E-state index >= 15 is 0 Å². The molecule has 0 bridgehead atoms. The number of halogens is 1. The lowest BCUT2D eigenvalue weighted by atomic mass is 10.2. The molecule has 1 fully saturated rings. The van der Waals surface area contributed by atoms with Gasteiger partial charge in [-0.3, -0.25) is 4.79 Å². The highest BCUT2D eigenvalue weighted by Gasteiger charge is 2.16. The predicted octanol–water partition coefficient (Wildman–Crippen LogP) is 3.47. The summed E-state index contributed by atoms with van der Waals surface area (Å²) in [7, 11) is 0. The number of carbonyl (C=O) groups excluding carboxylic acids is 1. The van der Waals surface area contributed by atoms with Crippen molar-refractivity contribution in [3.63, 3.8) is 0 Å². The summed E-state index contributed by atoms with van der Waals surface area (Å²) in [5, 5.41) is 7.37. The number of aryl methyl sites for hydroxylation is 1. The number of amides is 1. The van der Waals surface area contributed by atoms with Crippen LogP contribution in [0.15, 0.2) is 34.8 Å². The standard InChI is InChI=1S/C18H22BrN3O3/c1-13-10-17(22(21-13)15-5-2-4-14(19)11-15)20-18(23)7-9-24-12-16-6-3-8-25-16/h2,4-5,10-11,16H,3,6-9,12H2,1H3,(H,20,23). The lowest BCUT2D eigenvalue weighted by molar-refractivity contribution is -0.117. The molecule has 1 aliphatic rings. The van der Waals surface area contributed by atoms with Gasteiger partial charge in [-0.2, -0.15) is 5.10 Å². The van der Waals surface area contributed by atoms with Crippen LogP contribution in [-0.4, -0.2) is 41.6 Å². The fourth-order valence-electron chi connectivity index (χ4n) is 2.75. The SMILES string of the molecule is Cc1cc(NC(=O)CCOCC2CCCO2)n(-c2cccc(Br)c2)n1. The number of benzene rings is 1. The van der Waals surface area contributed by atoms with Gasteiger partial charge in [-0.15, -0.1) is 0 Å². The Hall–Kier alpha value is -1.70. The van der Waals surface area contributed by atoms with Gasteiger partial charge in [0.1, 0.15) is 5.82 Å². The maximum absolute atomic E-state index is 12.2. The highest BCUT2D eigenvalue weighted by molar-refractivity contribution is 9.10. The third-order valence-electron chi connectivity index (χ3n) is 3.95. The van der Waals surface area contributed by atoms with Crippen molar-refractivity contribution in [3.05, 3.63) is 40.5 Å². The Kier molecular flexibility index (Phi) is 6.23. The van der Waals surface area contributed by atoms with Crippen molar-refractivity contribution in [3.8, 4) is 5.69 Å². The van der Waals surface area contributed by atoms with Crippen LogP contribution in [0, 0.1) is 6.92 Å². The minimum Gasteiger partial charge on any atom is -0.378 e. The number of rotatable bonds is 7. The third-order valence-corrected chi connectivity index (χ3v) is 4.45. The van der Waals surface area contributed by atoms with Crippen LogP contribution in [0.25, 0.3) is 5.69 Å². The van der Waals surface area contributed by atoms with Crippen molar-refractivity contribution < 1.29 is 14.3 Å². The summed E-state index contributed by atoms with van der Waals surface area (Å²) >= 11 is 3.46. The first-order chi connectivity index (χ1) is 12.1. The maximum Gasteiger partial charge on any atom is 0.227 e. The first-order valence-electron chi connectivity index (χ1n) is 8.43. The summed E-state index contributed by atoms with van der Waals surface area (Å²) in [6.45, 7) is 3.65. The van der Waals surface area contributed by atoms with E-state index < -0.39 is 0 Å². The number of hydrogen-bond donors (Lipinski definition) is 1. The zero-order valence-electron chi connectivity index (χ0n) is 14.2. The molecule has 0 saturated carbocycles. The zero-order valence-corrected chi connectivity index (χ0v) is 15.8. The molecule has 134 valence electrons. The maximum atomic E-state index is 12.2. The van der Waals surface area contributed by atoms with E-state index in [1.165, 1.54) is 0 Å². The molecule has 0 radical (unpaired) electrons. The Morgan fingerprint density at radius 1 is 1.48 bits per heavy atom. The van der Waals surface area contributed by atoms with Crippen LogP contribution in [0.1, 0.15) is 25.0 Å². The molecule has 25 heavy (non-hydrogen) atoms. The number of aromatic nitrogens is 2. The quantitative estimate of drug-likeness (QED) is 0.713. The lowest BCUT2D eigenvalue weighted by Gasteiger charge is -2.11. The van der Waals surface area contributed by atoms with Gasteiger partial charge in [-0.25, -0.2) is 4.68 Å². The molecular formula is C18H22BrN3O3. The van der Waals surface area contributed by atoms with E-state index in [1.54, 1.807) is 4.68 Å². The third kappa shape index (κ3) is 5.14. The second kappa shape index (κ2) is 8.60. The second-order valence-electron chi connectivity index (χ2n) is 6.07. The van der Waals surface area contributed by atoms with Gasteiger partial charge in [0.2, 0.25) is 5.91 Å². The van der Waals surface area contributed by atoms with E-state index in [9.17, 15) is 4.79 Å². The Balaban J connectivity index is 1.54. The molecule has 2 aromatic rings. The fraction of sp³-hybridized carbons (Fsp3) is 0.444. The first kappa shape index (κ1) is 18.1. The van der Waals surface area contributed by atoms with Crippen molar-refractivity contribution in [2.75, 3.05) is 25.1 Å². The van der Waals surface area contributed by atoms with Crippen molar-refractivity contribution in [1.29, 1.82) is 0 Å². The average Bonchev–Trinajstić information content (AvgIpc) is 3.21. The number of nitrogens with zero attached hydrogens (tertiary/aromatic N) is 2. The topological polar surface area (TPSA) is 65.4 Å². The predicted molar refractivity (Wildman–Crippen MR) is 99.0 cm³/mol. The van der Waals surface area contributed by atoms with Gasteiger partial charge < -0.3 is 14.8 Å². The van der Waals surface area contributed by atoms with E-state index in [4.69, 9.17) is 9.47 Å². The summed E-state index contributed by atoms with van der Waals surface area (Å²) in [5.74, 6) is 0.559. The Labute approximate surface area is 155 Å². The molecule has 1 saturated heterocycles. The van der Waals surface area contributed by atoms with Crippen LogP contribution in [0.2, 0.25) is 0 Å². The van der Waals surface area contributed by atoms with Gasteiger partial charge in [0.15, 0.2) is 0 Å². The van der Waals surface area contributed by atoms with Crippen LogP contribution in [-0.2, 0) is 14.3 Å². The summed E-state index contributed by atoms with van der Waals surface area (Å²) < 4.78 is 13.7. The zero-order chi connectivity index (χ0) is 17.6. The molecule has 1 unspecified atom stereocenters. The van der Waals surface area contributed by atoms with Crippen LogP contribution in [0.3, 0.4) is 0 Å². The number of hydrogen-bond acceptors (Lipinski definition) is 4.